The van der Waals surface area contributed by atoms with Crippen LogP contribution in [0.1, 0.15) is 23.6 Å². The van der Waals surface area contributed by atoms with Gasteiger partial charge in [-0.2, -0.15) is 0 Å². The molecule has 4 rings (SSSR count). The minimum Gasteiger partial charge on any atom is -0.490 e. The van der Waals surface area contributed by atoms with Gasteiger partial charge in [-0.1, -0.05) is 30.3 Å². The number of aryl methyl sites for hydroxylation is 1. The van der Waals surface area contributed by atoms with Crippen LogP contribution in [-0.4, -0.2) is 24.5 Å². The van der Waals surface area contributed by atoms with Crippen LogP contribution < -0.4 is 19.7 Å². The SMILES string of the molecule is CCOc1cc(/C=C2\C(=O)NC(=O)N(c3cccc(C)c3)C2=O)ccc1OCc1ccc(F)cc1. The lowest BCUT2D eigenvalue weighted by atomic mass is 10.1. The van der Waals surface area contributed by atoms with Crippen LogP contribution in [-0.2, 0) is 16.2 Å². The van der Waals surface area contributed by atoms with E-state index in [9.17, 15) is 18.8 Å². The zero-order chi connectivity index (χ0) is 24.9. The van der Waals surface area contributed by atoms with E-state index in [1.54, 1.807) is 48.5 Å². The molecule has 8 heteroatoms. The number of hydrogen-bond donors (Lipinski definition) is 1. The van der Waals surface area contributed by atoms with Gasteiger partial charge in [0.05, 0.1) is 12.3 Å². The lowest BCUT2D eigenvalue weighted by Crippen LogP contribution is -2.54. The van der Waals surface area contributed by atoms with Crippen molar-refractivity contribution in [3.8, 4) is 11.5 Å². The number of nitrogens with one attached hydrogen (secondary N) is 1. The average Bonchev–Trinajstić information content (AvgIpc) is 2.82. The first kappa shape index (κ1) is 23.7. The number of hydrogen-bond acceptors (Lipinski definition) is 5. The number of barbiturate groups is 1. The van der Waals surface area contributed by atoms with E-state index in [0.717, 1.165) is 16.0 Å². The average molecular weight is 474 g/mol. The number of carbonyl (C=O) groups is 3. The van der Waals surface area contributed by atoms with Gasteiger partial charge in [0.15, 0.2) is 11.5 Å². The van der Waals surface area contributed by atoms with Crippen molar-refractivity contribution in [2.75, 3.05) is 11.5 Å². The third-order valence-electron chi connectivity index (χ3n) is 5.25. The largest absolute Gasteiger partial charge is 0.490 e. The number of imide groups is 2. The number of nitrogens with zero attached hydrogens (tertiary/aromatic N) is 1. The van der Waals surface area contributed by atoms with Gasteiger partial charge < -0.3 is 9.47 Å². The Balaban J connectivity index is 1.61. The summed E-state index contributed by atoms with van der Waals surface area (Å²) in [6.07, 6.45) is 1.40. The maximum absolute atomic E-state index is 13.1. The first-order valence-corrected chi connectivity index (χ1v) is 11.0. The molecule has 3 aromatic rings. The summed E-state index contributed by atoms with van der Waals surface area (Å²) in [4.78, 5) is 38.9. The highest BCUT2D eigenvalue weighted by atomic mass is 19.1. The van der Waals surface area contributed by atoms with Crippen molar-refractivity contribution < 1.29 is 28.2 Å². The van der Waals surface area contributed by atoms with Gasteiger partial charge in [-0.25, -0.2) is 14.1 Å². The van der Waals surface area contributed by atoms with Crippen LogP contribution in [0.25, 0.3) is 6.08 Å². The van der Waals surface area contributed by atoms with Crippen LogP contribution >= 0.6 is 0 Å². The molecule has 0 radical (unpaired) electrons. The van der Waals surface area contributed by atoms with E-state index in [-0.39, 0.29) is 18.0 Å². The van der Waals surface area contributed by atoms with E-state index < -0.39 is 17.8 Å². The lowest BCUT2D eigenvalue weighted by molar-refractivity contribution is -0.122. The van der Waals surface area contributed by atoms with Gasteiger partial charge in [0, 0.05) is 0 Å². The Morgan fingerprint density at radius 2 is 1.71 bits per heavy atom. The van der Waals surface area contributed by atoms with E-state index >= 15 is 0 Å². The Labute approximate surface area is 201 Å². The quantitative estimate of drug-likeness (QED) is 0.394. The summed E-state index contributed by atoms with van der Waals surface area (Å²) < 4.78 is 24.6. The second-order valence-electron chi connectivity index (χ2n) is 7.85. The molecular formula is C27H23FN2O5. The topological polar surface area (TPSA) is 84.9 Å². The van der Waals surface area contributed by atoms with Crippen LogP contribution in [0.15, 0.2) is 72.3 Å². The first-order valence-electron chi connectivity index (χ1n) is 11.0. The van der Waals surface area contributed by atoms with Gasteiger partial charge in [-0.15, -0.1) is 0 Å². The minimum absolute atomic E-state index is 0.187. The fraction of sp³-hybridized carbons (Fsp3) is 0.148. The number of carbonyl (C=O) groups excluding carboxylic acids is 3. The molecule has 0 aliphatic carbocycles. The number of anilines is 1. The standard InChI is InChI=1S/C27H23FN2O5/c1-3-34-24-15-19(9-12-23(24)35-16-18-7-10-20(28)11-8-18)14-22-25(31)29-27(33)30(26(22)32)21-6-4-5-17(2)13-21/h4-15H,3,16H2,1-2H3,(H,29,31,33)/b22-14+. The molecular weight excluding hydrogens is 451 g/mol. The number of urea groups is 1. The van der Waals surface area contributed by atoms with E-state index in [2.05, 4.69) is 5.32 Å². The lowest BCUT2D eigenvalue weighted by Gasteiger charge is -2.26. The van der Waals surface area contributed by atoms with Crippen LogP contribution in [0, 0.1) is 12.7 Å². The predicted octanol–water partition coefficient (Wildman–Crippen LogP) is 4.78. The van der Waals surface area contributed by atoms with Crippen molar-refractivity contribution in [3.05, 3.63) is 94.8 Å². The Morgan fingerprint density at radius 3 is 2.43 bits per heavy atom. The molecule has 1 heterocycles. The molecule has 0 saturated carbocycles. The highest BCUT2D eigenvalue weighted by Crippen LogP contribution is 2.31. The molecule has 1 N–H and O–H groups in total. The van der Waals surface area contributed by atoms with Gasteiger partial charge in [-0.3, -0.25) is 14.9 Å². The molecule has 4 amide bonds. The monoisotopic (exact) mass is 474 g/mol. The summed E-state index contributed by atoms with van der Waals surface area (Å²) in [7, 11) is 0. The Bertz CT molecular complexity index is 1320. The van der Waals surface area contributed by atoms with Gasteiger partial charge in [0.25, 0.3) is 11.8 Å². The summed E-state index contributed by atoms with van der Waals surface area (Å²) in [5.74, 6) is -0.962. The molecule has 1 fully saturated rings. The van der Waals surface area contributed by atoms with Crippen LogP contribution in [0.2, 0.25) is 0 Å². The molecule has 1 aliphatic heterocycles. The first-order chi connectivity index (χ1) is 16.9. The fourth-order valence-electron chi connectivity index (χ4n) is 3.57. The Kier molecular flexibility index (Phi) is 6.91. The van der Waals surface area contributed by atoms with Gasteiger partial charge in [0.1, 0.15) is 18.0 Å². The summed E-state index contributed by atoms with van der Waals surface area (Å²) in [5, 5.41) is 2.22. The van der Waals surface area contributed by atoms with Gasteiger partial charge >= 0.3 is 6.03 Å². The summed E-state index contributed by atoms with van der Waals surface area (Å²) >= 11 is 0. The highest BCUT2D eigenvalue weighted by Gasteiger charge is 2.36. The fourth-order valence-corrected chi connectivity index (χ4v) is 3.57. The molecule has 0 aromatic heterocycles. The number of benzene rings is 3. The van der Waals surface area contributed by atoms with E-state index in [1.807, 2.05) is 19.9 Å². The van der Waals surface area contributed by atoms with Crippen molar-refractivity contribution in [1.82, 2.24) is 5.32 Å². The summed E-state index contributed by atoms with van der Waals surface area (Å²) in [6, 6.07) is 17.0. The third-order valence-corrected chi connectivity index (χ3v) is 5.25. The van der Waals surface area contributed by atoms with Crippen molar-refractivity contribution in [3.63, 3.8) is 0 Å². The van der Waals surface area contributed by atoms with Gasteiger partial charge in [-0.05, 0) is 73.0 Å². The van der Waals surface area contributed by atoms with Crippen LogP contribution in [0.4, 0.5) is 14.9 Å². The summed E-state index contributed by atoms with van der Waals surface area (Å²) in [6.45, 7) is 4.22. The summed E-state index contributed by atoms with van der Waals surface area (Å²) in [5.41, 5.74) is 2.34. The van der Waals surface area contributed by atoms with Crippen molar-refractivity contribution in [2.45, 2.75) is 20.5 Å². The van der Waals surface area contributed by atoms with Crippen LogP contribution in [0.3, 0.4) is 0 Å². The Morgan fingerprint density at radius 1 is 0.943 bits per heavy atom. The predicted molar refractivity (Wildman–Crippen MR) is 129 cm³/mol. The molecule has 0 bridgehead atoms. The molecule has 0 atom stereocenters. The van der Waals surface area contributed by atoms with Crippen LogP contribution in [0.5, 0.6) is 11.5 Å². The number of amides is 4. The maximum Gasteiger partial charge on any atom is 0.335 e. The zero-order valence-electron chi connectivity index (χ0n) is 19.2. The molecule has 1 aliphatic rings. The second kappa shape index (κ2) is 10.2. The number of halogens is 1. The number of rotatable bonds is 7. The molecule has 35 heavy (non-hydrogen) atoms. The molecule has 0 unspecified atom stereocenters. The normalized spacial score (nSPS) is 14.8. The molecule has 0 spiro atoms. The van der Waals surface area contributed by atoms with E-state index in [1.165, 1.54) is 18.2 Å². The maximum atomic E-state index is 13.1. The van der Waals surface area contributed by atoms with E-state index in [0.29, 0.717) is 29.4 Å². The molecule has 1 saturated heterocycles. The van der Waals surface area contributed by atoms with E-state index in [4.69, 9.17) is 9.47 Å². The molecule has 3 aromatic carbocycles. The highest BCUT2D eigenvalue weighted by molar-refractivity contribution is 6.39. The Hall–Kier alpha value is -4.46. The third kappa shape index (κ3) is 5.38. The van der Waals surface area contributed by atoms with Gasteiger partial charge in [0.2, 0.25) is 0 Å². The zero-order valence-corrected chi connectivity index (χ0v) is 19.2. The number of ether oxygens (including phenoxy) is 2. The molecule has 7 nitrogen and oxygen atoms in total. The minimum atomic E-state index is -0.803. The van der Waals surface area contributed by atoms with Crippen molar-refractivity contribution in [1.29, 1.82) is 0 Å². The molecule has 178 valence electrons. The smallest absolute Gasteiger partial charge is 0.335 e. The van der Waals surface area contributed by atoms with Crippen molar-refractivity contribution >= 4 is 29.6 Å². The second-order valence-corrected chi connectivity index (χ2v) is 7.85. The van der Waals surface area contributed by atoms with Crippen molar-refractivity contribution in [2.24, 2.45) is 0 Å².